The molecular formula is C12H20N2O. The van der Waals surface area contributed by atoms with Crippen LogP contribution in [0.5, 0.6) is 5.88 Å². The zero-order valence-electron chi connectivity index (χ0n) is 9.79. The lowest BCUT2D eigenvalue weighted by Crippen LogP contribution is -2.44. The Bertz CT molecular complexity index is 308. The average Bonchev–Trinajstić information content (AvgIpc) is 2.26. The molecule has 84 valence electrons. The Labute approximate surface area is 91.7 Å². The number of pyridine rings is 1. The van der Waals surface area contributed by atoms with Crippen molar-refractivity contribution in [2.75, 3.05) is 6.61 Å². The van der Waals surface area contributed by atoms with Crippen molar-refractivity contribution in [3.05, 3.63) is 23.9 Å². The number of aryl methyl sites for hydroxylation is 1. The van der Waals surface area contributed by atoms with Crippen molar-refractivity contribution in [2.24, 2.45) is 5.73 Å². The van der Waals surface area contributed by atoms with Crippen LogP contribution >= 0.6 is 0 Å². The van der Waals surface area contributed by atoms with E-state index in [4.69, 9.17) is 10.5 Å². The lowest BCUT2D eigenvalue weighted by Gasteiger charge is -2.26. The molecule has 0 aliphatic carbocycles. The minimum absolute atomic E-state index is 0.231. The molecule has 1 aromatic rings. The predicted molar refractivity (Wildman–Crippen MR) is 62.0 cm³/mol. The molecule has 0 atom stereocenters. The van der Waals surface area contributed by atoms with Crippen molar-refractivity contribution in [2.45, 2.75) is 39.2 Å². The largest absolute Gasteiger partial charge is 0.476 e. The Balaban J connectivity index is 2.56. The number of aromatic nitrogens is 1. The summed E-state index contributed by atoms with van der Waals surface area (Å²) in [4.78, 5) is 4.27. The van der Waals surface area contributed by atoms with Gasteiger partial charge in [0.25, 0.3) is 0 Å². The van der Waals surface area contributed by atoms with E-state index >= 15 is 0 Å². The first kappa shape index (κ1) is 12.0. The number of nitrogens with zero attached hydrogens (tertiary/aromatic N) is 1. The standard InChI is InChI=1S/C12H20N2O/c1-4-12(13,5-2)9-15-11-8-6-7-10(3)14-11/h6-8H,4-5,9,13H2,1-3H3. The number of hydrogen-bond acceptors (Lipinski definition) is 3. The summed E-state index contributed by atoms with van der Waals surface area (Å²) in [7, 11) is 0. The highest BCUT2D eigenvalue weighted by Crippen LogP contribution is 2.14. The number of nitrogens with two attached hydrogens (primary N) is 1. The van der Waals surface area contributed by atoms with E-state index in [2.05, 4.69) is 18.8 Å². The quantitative estimate of drug-likeness (QED) is 0.807. The highest BCUT2D eigenvalue weighted by Gasteiger charge is 2.21. The van der Waals surface area contributed by atoms with Crippen molar-refractivity contribution < 1.29 is 4.74 Å². The molecule has 0 fully saturated rings. The summed E-state index contributed by atoms with van der Waals surface area (Å²) in [6, 6.07) is 5.74. The van der Waals surface area contributed by atoms with Gasteiger partial charge in [-0.15, -0.1) is 0 Å². The molecule has 0 saturated heterocycles. The molecule has 0 saturated carbocycles. The van der Waals surface area contributed by atoms with Crippen LogP contribution < -0.4 is 10.5 Å². The molecule has 0 spiro atoms. The van der Waals surface area contributed by atoms with Crippen LogP contribution in [0.1, 0.15) is 32.4 Å². The number of ether oxygens (including phenoxy) is 1. The van der Waals surface area contributed by atoms with E-state index in [9.17, 15) is 0 Å². The van der Waals surface area contributed by atoms with E-state index in [1.807, 2.05) is 25.1 Å². The molecule has 0 bridgehead atoms. The maximum atomic E-state index is 6.13. The molecule has 0 aromatic carbocycles. The Morgan fingerprint density at radius 2 is 2.00 bits per heavy atom. The molecule has 15 heavy (non-hydrogen) atoms. The fourth-order valence-corrected chi connectivity index (χ4v) is 1.27. The second-order valence-corrected chi connectivity index (χ2v) is 3.98. The first-order chi connectivity index (χ1) is 7.09. The van der Waals surface area contributed by atoms with Crippen molar-refractivity contribution in [3.8, 4) is 5.88 Å². The van der Waals surface area contributed by atoms with Crippen LogP contribution in [0.25, 0.3) is 0 Å². The van der Waals surface area contributed by atoms with E-state index in [1.54, 1.807) is 0 Å². The topological polar surface area (TPSA) is 48.1 Å². The second kappa shape index (κ2) is 5.12. The number of rotatable bonds is 5. The van der Waals surface area contributed by atoms with Crippen LogP contribution in [0, 0.1) is 6.92 Å². The van der Waals surface area contributed by atoms with Crippen LogP contribution in [0.3, 0.4) is 0 Å². The SMILES string of the molecule is CCC(N)(CC)COc1cccc(C)n1. The van der Waals surface area contributed by atoms with Gasteiger partial charge in [-0.05, 0) is 25.8 Å². The minimum Gasteiger partial charge on any atom is -0.476 e. The van der Waals surface area contributed by atoms with Crippen LogP contribution in [0.15, 0.2) is 18.2 Å². The molecule has 3 nitrogen and oxygen atoms in total. The van der Waals surface area contributed by atoms with E-state index in [0.29, 0.717) is 12.5 Å². The third-order valence-corrected chi connectivity index (χ3v) is 2.78. The third kappa shape index (κ3) is 3.51. The summed E-state index contributed by atoms with van der Waals surface area (Å²) in [5, 5.41) is 0. The van der Waals surface area contributed by atoms with Gasteiger partial charge in [-0.1, -0.05) is 19.9 Å². The van der Waals surface area contributed by atoms with Gasteiger partial charge in [0, 0.05) is 17.3 Å². The maximum absolute atomic E-state index is 6.13. The zero-order chi connectivity index (χ0) is 11.3. The number of hydrogen-bond donors (Lipinski definition) is 1. The van der Waals surface area contributed by atoms with Crippen LogP contribution in [-0.4, -0.2) is 17.1 Å². The first-order valence-corrected chi connectivity index (χ1v) is 5.45. The molecule has 0 amide bonds. The van der Waals surface area contributed by atoms with Crippen molar-refractivity contribution in [3.63, 3.8) is 0 Å². The predicted octanol–water partition coefficient (Wildman–Crippen LogP) is 2.29. The lowest BCUT2D eigenvalue weighted by atomic mass is 9.96. The second-order valence-electron chi connectivity index (χ2n) is 3.98. The van der Waals surface area contributed by atoms with Gasteiger partial charge in [-0.3, -0.25) is 0 Å². The van der Waals surface area contributed by atoms with Gasteiger partial charge in [0.2, 0.25) is 5.88 Å². The third-order valence-electron chi connectivity index (χ3n) is 2.78. The molecule has 1 rings (SSSR count). The summed E-state index contributed by atoms with van der Waals surface area (Å²) in [5.41, 5.74) is 6.86. The van der Waals surface area contributed by atoms with Gasteiger partial charge in [-0.2, -0.15) is 0 Å². The molecule has 0 radical (unpaired) electrons. The maximum Gasteiger partial charge on any atom is 0.213 e. The average molecular weight is 208 g/mol. The highest BCUT2D eigenvalue weighted by molar-refractivity contribution is 5.14. The Morgan fingerprint density at radius 3 is 2.53 bits per heavy atom. The van der Waals surface area contributed by atoms with E-state index in [1.165, 1.54) is 0 Å². The molecule has 1 aromatic heterocycles. The van der Waals surface area contributed by atoms with E-state index in [0.717, 1.165) is 18.5 Å². The van der Waals surface area contributed by atoms with Crippen molar-refractivity contribution in [1.82, 2.24) is 4.98 Å². The minimum atomic E-state index is -0.231. The van der Waals surface area contributed by atoms with Gasteiger partial charge >= 0.3 is 0 Å². The van der Waals surface area contributed by atoms with Gasteiger partial charge < -0.3 is 10.5 Å². The van der Waals surface area contributed by atoms with E-state index in [-0.39, 0.29) is 5.54 Å². The summed E-state index contributed by atoms with van der Waals surface area (Å²) < 4.78 is 5.60. The van der Waals surface area contributed by atoms with E-state index < -0.39 is 0 Å². The zero-order valence-corrected chi connectivity index (χ0v) is 9.79. The molecule has 2 N–H and O–H groups in total. The fraction of sp³-hybridized carbons (Fsp3) is 0.583. The van der Waals surface area contributed by atoms with Gasteiger partial charge in [0.05, 0.1) is 0 Å². The van der Waals surface area contributed by atoms with Gasteiger partial charge in [0.1, 0.15) is 6.61 Å². The fourth-order valence-electron chi connectivity index (χ4n) is 1.27. The summed E-state index contributed by atoms with van der Waals surface area (Å²) >= 11 is 0. The molecule has 0 aliphatic heterocycles. The lowest BCUT2D eigenvalue weighted by molar-refractivity contribution is 0.200. The molecule has 0 unspecified atom stereocenters. The monoisotopic (exact) mass is 208 g/mol. The Morgan fingerprint density at radius 1 is 1.33 bits per heavy atom. The molecule has 0 aliphatic rings. The normalized spacial score (nSPS) is 11.5. The Kier molecular flexibility index (Phi) is 4.09. The van der Waals surface area contributed by atoms with Gasteiger partial charge in [0.15, 0.2) is 0 Å². The molecule has 3 heteroatoms. The highest BCUT2D eigenvalue weighted by atomic mass is 16.5. The first-order valence-electron chi connectivity index (χ1n) is 5.45. The summed E-state index contributed by atoms with van der Waals surface area (Å²) in [5.74, 6) is 0.659. The van der Waals surface area contributed by atoms with Crippen LogP contribution in [-0.2, 0) is 0 Å². The van der Waals surface area contributed by atoms with Crippen molar-refractivity contribution >= 4 is 0 Å². The van der Waals surface area contributed by atoms with Crippen LogP contribution in [0.4, 0.5) is 0 Å². The Hall–Kier alpha value is -1.09. The molecule has 1 heterocycles. The van der Waals surface area contributed by atoms with Crippen molar-refractivity contribution in [1.29, 1.82) is 0 Å². The van der Waals surface area contributed by atoms with Crippen LogP contribution in [0.2, 0.25) is 0 Å². The summed E-state index contributed by atoms with van der Waals surface area (Å²) in [6.45, 7) is 6.63. The summed E-state index contributed by atoms with van der Waals surface area (Å²) in [6.07, 6.45) is 1.82. The van der Waals surface area contributed by atoms with Gasteiger partial charge in [-0.25, -0.2) is 4.98 Å². The molecular weight excluding hydrogens is 188 g/mol. The smallest absolute Gasteiger partial charge is 0.213 e.